The number of benzene rings is 1. The topological polar surface area (TPSA) is 41.6 Å². The number of nitrogens with one attached hydrogen (secondary N) is 1. The average Bonchev–Trinajstić information content (AvgIpc) is 2.88. The number of amides is 1. The highest BCUT2D eigenvalue weighted by molar-refractivity contribution is 5.96. The van der Waals surface area contributed by atoms with Gasteiger partial charge in [-0.05, 0) is 48.9 Å². The molecule has 3 aliphatic heterocycles. The van der Waals surface area contributed by atoms with Gasteiger partial charge in [0, 0.05) is 44.3 Å². The van der Waals surface area contributed by atoms with E-state index >= 15 is 0 Å². The van der Waals surface area contributed by atoms with Crippen molar-refractivity contribution in [1.29, 1.82) is 0 Å². The van der Waals surface area contributed by atoms with Crippen molar-refractivity contribution in [2.45, 2.75) is 24.7 Å². The van der Waals surface area contributed by atoms with Crippen molar-refractivity contribution in [2.75, 3.05) is 39.9 Å². The predicted octanol–water partition coefficient (Wildman–Crippen LogP) is 1.97. The van der Waals surface area contributed by atoms with Crippen LogP contribution in [0, 0.1) is 5.92 Å². The lowest BCUT2D eigenvalue weighted by atomic mass is 9.84. The lowest BCUT2D eigenvalue weighted by Gasteiger charge is -2.24. The number of hydrogen-bond donors (Lipinski definition) is 1. The summed E-state index contributed by atoms with van der Waals surface area (Å²) >= 11 is 0. The second kappa shape index (κ2) is 5.67. The van der Waals surface area contributed by atoms with Crippen molar-refractivity contribution in [3.05, 3.63) is 34.9 Å². The smallest absolute Gasteiger partial charge is 0.251 e. The van der Waals surface area contributed by atoms with Crippen molar-refractivity contribution >= 4 is 5.91 Å². The number of likely N-dealkylation sites (tertiary alicyclic amines) is 1. The van der Waals surface area contributed by atoms with Gasteiger partial charge in [0.1, 0.15) is 0 Å². The molecule has 4 nitrogen and oxygen atoms in total. The maximum atomic E-state index is 12.5. The molecule has 4 heteroatoms. The minimum absolute atomic E-state index is 0.112. The third-order valence-corrected chi connectivity index (χ3v) is 5.56. The minimum atomic E-state index is 0.112. The van der Waals surface area contributed by atoms with Crippen LogP contribution < -0.4 is 5.32 Å². The van der Waals surface area contributed by atoms with Crippen molar-refractivity contribution in [2.24, 2.45) is 5.92 Å². The number of carbonyl (C=O) groups excluding carboxylic acids is 1. The van der Waals surface area contributed by atoms with E-state index in [9.17, 15) is 4.79 Å². The van der Waals surface area contributed by atoms with Crippen molar-refractivity contribution < 1.29 is 9.53 Å². The van der Waals surface area contributed by atoms with Crippen LogP contribution in [0.1, 0.15) is 46.2 Å². The van der Waals surface area contributed by atoms with Gasteiger partial charge in [-0.15, -0.1) is 0 Å². The Morgan fingerprint density at radius 3 is 2.86 bits per heavy atom. The van der Waals surface area contributed by atoms with E-state index in [0.717, 1.165) is 51.3 Å². The molecule has 2 fully saturated rings. The zero-order chi connectivity index (χ0) is 15.1. The SMILES string of the molecule is CN1C[C@H]2CNC(=O)c3cc(C4CCOCC4)ccc3[C@@H]2C1. The largest absolute Gasteiger partial charge is 0.381 e. The Hall–Kier alpha value is -1.39. The standard InChI is InChI=1S/C18H24N2O2/c1-20-10-14-9-19-18(21)16-8-13(12-4-6-22-7-5-12)2-3-15(16)17(14)11-20/h2-3,8,12,14,17H,4-7,9-11H2,1H3,(H,19,21)/t14-,17-/m1/s1. The molecule has 3 heterocycles. The van der Waals surface area contributed by atoms with Gasteiger partial charge >= 0.3 is 0 Å². The molecule has 1 aromatic carbocycles. The van der Waals surface area contributed by atoms with Crippen LogP contribution in [-0.2, 0) is 4.74 Å². The van der Waals surface area contributed by atoms with Crippen molar-refractivity contribution in [1.82, 2.24) is 10.2 Å². The lowest BCUT2D eigenvalue weighted by Crippen LogP contribution is -2.29. The Bertz CT molecular complexity index is 580. The minimum Gasteiger partial charge on any atom is -0.381 e. The molecule has 0 radical (unpaired) electrons. The number of carbonyl (C=O) groups is 1. The molecule has 2 saturated heterocycles. The lowest BCUT2D eigenvalue weighted by molar-refractivity contribution is 0.0853. The summed E-state index contributed by atoms with van der Waals surface area (Å²) in [5, 5.41) is 3.13. The first-order valence-electron chi connectivity index (χ1n) is 8.40. The van der Waals surface area contributed by atoms with Gasteiger partial charge in [0.05, 0.1) is 0 Å². The third kappa shape index (κ3) is 2.44. The molecule has 0 spiro atoms. The molecule has 0 unspecified atom stereocenters. The van der Waals surface area contributed by atoms with Crippen molar-refractivity contribution in [3.63, 3.8) is 0 Å². The van der Waals surface area contributed by atoms with E-state index in [1.807, 2.05) is 0 Å². The maximum Gasteiger partial charge on any atom is 0.251 e. The first-order chi connectivity index (χ1) is 10.7. The van der Waals surface area contributed by atoms with E-state index in [2.05, 4.69) is 35.5 Å². The van der Waals surface area contributed by atoms with Crippen LogP contribution in [0.2, 0.25) is 0 Å². The molecule has 3 aliphatic rings. The normalized spacial score (nSPS) is 29.6. The molecule has 0 aromatic heterocycles. The molecule has 0 bridgehead atoms. The van der Waals surface area contributed by atoms with E-state index in [-0.39, 0.29) is 5.91 Å². The quantitative estimate of drug-likeness (QED) is 0.862. The molecule has 1 N–H and O–H groups in total. The summed E-state index contributed by atoms with van der Waals surface area (Å²) in [5.74, 6) is 1.69. The predicted molar refractivity (Wildman–Crippen MR) is 85.3 cm³/mol. The van der Waals surface area contributed by atoms with Gasteiger partial charge in [-0.3, -0.25) is 4.79 Å². The van der Waals surface area contributed by atoms with Gasteiger partial charge in [0.15, 0.2) is 0 Å². The summed E-state index contributed by atoms with van der Waals surface area (Å²) in [6.45, 7) is 4.61. The van der Waals surface area contributed by atoms with Gasteiger partial charge in [0.25, 0.3) is 5.91 Å². The Labute approximate surface area is 131 Å². The van der Waals surface area contributed by atoms with Gasteiger partial charge in [-0.2, -0.15) is 0 Å². The van der Waals surface area contributed by atoms with E-state index < -0.39 is 0 Å². The molecule has 1 amide bonds. The molecular weight excluding hydrogens is 276 g/mol. The summed E-state index contributed by atoms with van der Waals surface area (Å²) < 4.78 is 5.46. The highest BCUT2D eigenvalue weighted by atomic mass is 16.5. The number of hydrogen-bond acceptors (Lipinski definition) is 3. The molecular formula is C18H24N2O2. The van der Waals surface area contributed by atoms with Crippen LogP contribution in [0.4, 0.5) is 0 Å². The highest BCUT2D eigenvalue weighted by Crippen LogP contribution is 2.37. The number of fused-ring (bicyclic) bond motifs is 3. The maximum absolute atomic E-state index is 12.5. The molecule has 2 atom stereocenters. The summed E-state index contributed by atoms with van der Waals surface area (Å²) in [6.07, 6.45) is 2.13. The number of nitrogens with zero attached hydrogens (tertiary/aromatic N) is 1. The number of ether oxygens (including phenoxy) is 1. The number of rotatable bonds is 1. The van der Waals surface area contributed by atoms with Gasteiger partial charge < -0.3 is 15.0 Å². The van der Waals surface area contributed by atoms with E-state index in [4.69, 9.17) is 4.74 Å². The fourth-order valence-corrected chi connectivity index (χ4v) is 4.34. The van der Waals surface area contributed by atoms with Crippen LogP contribution in [0.25, 0.3) is 0 Å². The zero-order valence-corrected chi connectivity index (χ0v) is 13.2. The summed E-state index contributed by atoms with van der Waals surface area (Å²) in [7, 11) is 2.17. The van der Waals surface area contributed by atoms with Crippen molar-refractivity contribution in [3.8, 4) is 0 Å². The second-order valence-electron chi connectivity index (χ2n) is 7.03. The summed E-state index contributed by atoms with van der Waals surface area (Å²) in [5.41, 5.74) is 3.47. The first-order valence-corrected chi connectivity index (χ1v) is 8.40. The van der Waals surface area contributed by atoms with Gasteiger partial charge in [0.2, 0.25) is 0 Å². The monoisotopic (exact) mass is 300 g/mol. The van der Waals surface area contributed by atoms with Crippen LogP contribution in [-0.4, -0.2) is 50.7 Å². The highest BCUT2D eigenvalue weighted by Gasteiger charge is 2.37. The Morgan fingerprint density at radius 2 is 2.05 bits per heavy atom. The molecule has 118 valence electrons. The van der Waals surface area contributed by atoms with E-state index in [1.54, 1.807) is 0 Å². The summed E-state index contributed by atoms with van der Waals surface area (Å²) in [6, 6.07) is 6.63. The molecule has 22 heavy (non-hydrogen) atoms. The number of likely N-dealkylation sites (N-methyl/N-ethyl adjacent to an activating group) is 1. The fraction of sp³-hybridized carbons (Fsp3) is 0.611. The fourth-order valence-electron chi connectivity index (χ4n) is 4.34. The van der Waals surface area contributed by atoms with Gasteiger partial charge in [-0.25, -0.2) is 0 Å². The average molecular weight is 300 g/mol. The molecule has 1 aromatic rings. The van der Waals surface area contributed by atoms with Crippen LogP contribution in [0.5, 0.6) is 0 Å². The molecule has 0 aliphatic carbocycles. The first kappa shape index (κ1) is 14.2. The molecule has 0 saturated carbocycles. The van der Waals surface area contributed by atoms with Crippen LogP contribution in [0.3, 0.4) is 0 Å². The second-order valence-corrected chi connectivity index (χ2v) is 7.03. The van der Waals surface area contributed by atoms with E-state index in [1.165, 1.54) is 11.1 Å². The van der Waals surface area contributed by atoms with Gasteiger partial charge in [-0.1, -0.05) is 12.1 Å². The van der Waals surface area contributed by atoms with Crippen LogP contribution in [0.15, 0.2) is 18.2 Å². The Balaban J connectivity index is 1.70. The molecule has 4 rings (SSSR count). The van der Waals surface area contributed by atoms with Crippen LogP contribution >= 0.6 is 0 Å². The summed E-state index contributed by atoms with van der Waals surface area (Å²) in [4.78, 5) is 14.9. The zero-order valence-electron chi connectivity index (χ0n) is 13.2. The third-order valence-electron chi connectivity index (χ3n) is 5.56. The van der Waals surface area contributed by atoms with E-state index in [0.29, 0.717) is 17.8 Å². The Morgan fingerprint density at radius 1 is 1.23 bits per heavy atom. The Kier molecular flexibility index (Phi) is 3.66.